The number of ether oxygens (including phenoxy) is 1. The van der Waals surface area contributed by atoms with E-state index in [1.807, 2.05) is 6.07 Å². The predicted molar refractivity (Wildman–Crippen MR) is 135 cm³/mol. The Bertz CT molecular complexity index is 1430. The van der Waals surface area contributed by atoms with Gasteiger partial charge in [0.2, 0.25) is 0 Å². The van der Waals surface area contributed by atoms with Crippen molar-refractivity contribution in [3.05, 3.63) is 68.3 Å². The summed E-state index contributed by atoms with van der Waals surface area (Å²) in [4.78, 5) is 37.8. The van der Waals surface area contributed by atoms with E-state index in [-0.39, 0.29) is 28.5 Å². The van der Waals surface area contributed by atoms with Crippen LogP contribution in [0.15, 0.2) is 40.3 Å². The van der Waals surface area contributed by atoms with Crippen LogP contribution in [0, 0.1) is 11.3 Å². The lowest BCUT2D eigenvalue weighted by molar-refractivity contribution is -0.112. The van der Waals surface area contributed by atoms with Gasteiger partial charge in [0, 0.05) is 16.5 Å². The number of anilines is 1. The largest absolute Gasteiger partial charge is 0.478 e. The maximum Gasteiger partial charge on any atom is 0.341 e. The summed E-state index contributed by atoms with van der Waals surface area (Å²) in [5, 5.41) is 21.9. The number of hydrogen-bond acceptors (Lipinski definition) is 7. The minimum atomic E-state index is -1.14. The summed E-state index contributed by atoms with van der Waals surface area (Å²) in [7, 11) is 0. The number of benzene rings is 1. The van der Waals surface area contributed by atoms with Crippen molar-refractivity contribution in [3.8, 4) is 17.4 Å². The Morgan fingerprint density at radius 1 is 1.25 bits per heavy atom. The highest BCUT2D eigenvalue weighted by Gasteiger charge is 2.28. The molecule has 8 nitrogen and oxygen atoms in total. The molecule has 1 aromatic carbocycles. The number of carboxylic acids is 1. The molecule has 0 saturated heterocycles. The lowest BCUT2D eigenvalue weighted by atomic mass is 9.95. The molecule has 1 aliphatic rings. The van der Waals surface area contributed by atoms with Crippen LogP contribution < -0.4 is 5.32 Å². The van der Waals surface area contributed by atoms with E-state index in [9.17, 15) is 19.6 Å². The second kappa shape index (κ2) is 10.8. The molecule has 36 heavy (non-hydrogen) atoms. The monoisotopic (exact) mass is 524 g/mol. The average molecular weight is 525 g/mol. The second-order valence-electron chi connectivity index (χ2n) is 7.96. The summed E-state index contributed by atoms with van der Waals surface area (Å²) in [6.45, 7) is 1.93. The van der Waals surface area contributed by atoms with E-state index in [0.29, 0.717) is 21.9 Å². The number of hydrogen-bond donors (Lipinski definition) is 2. The van der Waals surface area contributed by atoms with Crippen LogP contribution in [-0.4, -0.2) is 29.6 Å². The first-order valence-electron chi connectivity index (χ1n) is 11.2. The number of thiophene rings is 1. The Hall–Kier alpha value is -3.87. The lowest BCUT2D eigenvalue weighted by Gasteiger charge is -2.12. The zero-order valence-electron chi connectivity index (χ0n) is 19.2. The number of aryl methyl sites for hydroxylation is 1. The molecular formula is C26H21ClN2O6S. The molecule has 1 amide bonds. The molecule has 0 atom stereocenters. The van der Waals surface area contributed by atoms with E-state index in [2.05, 4.69) is 5.32 Å². The third-order valence-electron chi connectivity index (χ3n) is 5.64. The van der Waals surface area contributed by atoms with Crippen molar-refractivity contribution in [2.24, 2.45) is 0 Å². The molecule has 3 aromatic rings. The highest BCUT2D eigenvalue weighted by molar-refractivity contribution is 7.17. The van der Waals surface area contributed by atoms with Gasteiger partial charge in [-0.2, -0.15) is 5.26 Å². The molecule has 2 heterocycles. The third kappa shape index (κ3) is 5.20. The summed E-state index contributed by atoms with van der Waals surface area (Å²) in [5.74, 6) is -1.68. The van der Waals surface area contributed by atoms with Crippen LogP contribution in [-0.2, 0) is 22.4 Å². The summed E-state index contributed by atoms with van der Waals surface area (Å²) in [5.41, 5.74) is 1.56. The van der Waals surface area contributed by atoms with Crippen molar-refractivity contribution in [2.45, 2.75) is 32.6 Å². The molecule has 0 saturated carbocycles. The molecule has 2 aromatic heterocycles. The number of fused-ring (bicyclic) bond motifs is 1. The van der Waals surface area contributed by atoms with Crippen molar-refractivity contribution in [2.75, 3.05) is 11.9 Å². The second-order valence-corrected chi connectivity index (χ2v) is 9.47. The zero-order chi connectivity index (χ0) is 25.8. The van der Waals surface area contributed by atoms with E-state index < -0.39 is 17.8 Å². The van der Waals surface area contributed by atoms with E-state index in [1.54, 1.807) is 25.1 Å². The maximum absolute atomic E-state index is 13.0. The average Bonchev–Trinajstić information content (AvgIpc) is 3.46. The molecule has 10 heteroatoms. The van der Waals surface area contributed by atoms with Crippen LogP contribution in [0.4, 0.5) is 5.00 Å². The van der Waals surface area contributed by atoms with Gasteiger partial charge in [-0.05, 0) is 62.4 Å². The molecule has 0 fully saturated rings. The fraction of sp³-hybridized carbons (Fsp3) is 0.231. The molecule has 184 valence electrons. The smallest absolute Gasteiger partial charge is 0.341 e. The van der Waals surface area contributed by atoms with E-state index in [4.69, 9.17) is 25.9 Å². The van der Waals surface area contributed by atoms with Crippen molar-refractivity contribution in [3.63, 3.8) is 0 Å². The van der Waals surface area contributed by atoms with Crippen molar-refractivity contribution < 1.29 is 28.6 Å². The van der Waals surface area contributed by atoms with Gasteiger partial charge in [0.05, 0.1) is 22.8 Å². The van der Waals surface area contributed by atoms with Crippen LogP contribution in [0.5, 0.6) is 0 Å². The number of halogens is 1. The van der Waals surface area contributed by atoms with Gasteiger partial charge >= 0.3 is 11.9 Å². The van der Waals surface area contributed by atoms with Crippen LogP contribution in [0.25, 0.3) is 17.4 Å². The molecule has 0 aliphatic heterocycles. The van der Waals surface area contributed by atoms with Crippen LogP contribution >= 0.6 is 22.9 Å². The topological polar surface area (TPSA) is 130 Å². The molecule has 2 N–H and O–H groups in total. The summed E-state index contributed by atoms with van der Waals surface area (Å²) >= 11 is 7.37. The number of carbonyl (C=O) groups excluding carboxylic acids is 2. The number of aromatic carboxylic acids is 1. The van der Waals surface area contributed by atoms with Gasteiger partial charge in [-0.3, -0.25) is 4.79 Å². The molecule has 4 rings (SSSR count). The third-order valence-corrected chi connectivity index (χ3v) is 7.16. The number of furan rings is 1. The van der Waals surface area contributed by atoms with Gasteiger partial charge in [0.15, 0.2) is 0 Å². The van der Waals surface area contributed by atoms with Gasteiger partial charge in [-0.15, -0.1) is 11.3 Å². The Balaban J connectivity index is 1.58. The fourth-order valence-corrected chi connectivity index (χ4v) is 5.50. The van der Waals surface area contributed by atoms with Crippen molar-refractivity contribution >= 4 is 51.9 Å². The minimum Gasteiger partial charge on any atom is -0.478 e. The van der Waals surface area contributed by atoms with Crippen LogP contribution in [0.1, 0.15) is 56.7 Å². The fourth-order valence-electron chi connectivity index (χ4n) is 3.96. The Kier molecular flexibility index (Phi) is 7.58. The number of nitriles is 1. The molecular weight excluding hydrogens is 504 g/mol. The quantitative estimate of drug-likeness (QED) is 0.221. The molecule has 0 radical (unpaired) electrons. The van der Waals surface area contributed by atoms with Crippen LogP contribution in [0.3, 0.4) is 0 Å². The van der Waals surface area contributed by atoms with E-state index >= 15 is 0 Å². The number of nitrogens with zero attached hydrogens (tertiary/aromatic N) is 1. The first-order valence-corrected chi connectivity index (χ1v) is 12.4. The Labute approximate surface area is 215 Å². The summed E-state index contributed by atoms with van der Waals surface area (Å²) in [6, 6.07) is 9.46. The summed E-state index contributed by atoms with van der Waals surface area (Å²) < 4.78 is 10.9. The van der Waals surface area contributed by atoms with Gasteiger partial charge in [-0.25, -0.2) is 9.59 Å². The van der Waals surface area contributed by atoms with E-state index in [1.165, 1.54) is 29.5 Å². The number of nitrogens with one attached hydrogen (secondary N) is 1. The molecule has 1 aliphatic carbocycles. The zero-order valence-corrected chi connectivity index (χ0v) is 20.8. The standard InChI is InChI=1S/C26H21ClN2O6S/c1-2-34-26(33)22-18-5-3-4-6-21(18)36-24(22)29-23(30)15(13-28)11-16-8-10-20(35-16)14-7-9-17(25(31)32)19(27)12-14/h7-12H,2-6H2,1H3,(H,29,30)(H,31,32)/b15-11+. The van der Waals surface area contributed by atoms with Crippen LogP contribution in [0.2, 0.25) is 5.02 Å². The van der Waals surface area contributed by atoms with Gasteiger partial charge < -0.3 is 19.6 Å². The van der Waals surface area contributed by atoms with Gasteiger partial charge in [0.1, 0.15) is 28.2 Å². The SMILES string of the molecule is CCOC(=O)c1c(NC(=O)/C(C#N)=C/c2ccc(-c3ccc(C(=O)O)c(Cl)c3)o2)sc2c1CCCC2. The lowest BCUT2D eigenvalue weighted by Crippen LogP contribution is -2.16. The minimum absolute atomic E-state index is 0.0343. The molecule has 0 spiro atoms. The Morgan fingerprint density at radius 2 is 2.03 bits per heavy atom. The number of amides is 1. The molecule has 0 unspecified atom stereocenters. The van der Waals surface area contributed by atoms with E-state index in [0.717, 1.165) is 36.1 Å². The highest BCUT2D eigenvalue weighted by Crippen LogP contribution is 2.39. The van der Waals surface area contributed by atoms with Crippen molar-refractivity contribution in [1.29, 1.82) is 5.26 Å². The first kappa shape index (κ1) is 25.2. The predicted octanol–water partition coefficient (Wildman–Crippen LogP) is 5.96. The normalized spacial score (nSPS) is 13.0. The Morgan fingerprint density at radius 3 is 2.72 bits per heavy atom. The molecule has 0 bridgehead atoms. The maximum atomic E-state index is 13.0. The van der Waals surface area contributed by atoms with Gasteiger partial charge in [0.25, 0.3) is 5.91 Å². The number of rotatable bonds is 7. The first-order chi connectivity index (χ1) is 17.3. The van der Waals surface area contributed by atoms with Crippen molar-refractivity contribution in [1.82, 2.24) is 0 Å². The number of carboxylic acid groups (broad SMARTS) is 1. The van der Waals surface area contributed by atoms with Gasteiger partial charge in [-0.1, -0.05) is 17.7 Å². The summed E-state index contributed by atoms with van der Waals surface area (Å²) in [6.07, 6.45) is 4.83. The highest BCUT2D eigenvalue weighted by atomic mass is 35.5. The number of carbonyl (C=O) groups is 3. The number of esters is 1.